The molecule has 24 heavy (non-hydrogen) atoms. The van der Waals surface area contributed by atoms with Crippen molar-refractivity contribution in [2.24, 2.45) is 5.92 Å². The summed E-state index contributed by atoms with van der Waals surface area (Å²) in [5, 5.41) is 15.2. The Kier molecular flexibility index (Phi) is 6.61. The van der Waals surface area contributed by atoms with Gasteiger partial charge in [-0.05, 0) is 36.5 Å². The summed E-state index contributed by atoms with van der Waals surface area (Å²) in [5.41, 5.74) is 1.73. The normalized spacial score (nSPS) is 15.7. The highest BCUT2D eigenvalue weighted by molar-refractivity contribution is 5.89. The first-order chi connectivity index (χ1) is 11.4. The van der Waals surface area contributed by atoms with E-state index in [0.717, 1.165) is 18.5 Å². The summed E-state index contributed by atoms with van der Waals surface area (Å²) in [6.45, 7) is 5.73. The number of urea groups is 1. The first kappa shape index (κ1) is 18.3. The molecule has 6 nitrogen and oxygen atoms in total. The Labute approximate surface area is 143 Å². The van der Waals surface area contributed by atoms with Crippen LogP contribution in [0.1, 0.15) is 38.7 Å². The first-order valence-corrected chi connectivity index (χ1v) is 8.53. The van der Waals surface area contributed by atoms with Crippen molar-refractivity contribution in [2.75, 3.05) is 18.4 Å². The van der Waals surface area contributed by atoms with E-state index in [0.29, 0.717) is 31.0 Å². The zero-order valence-electron chi connectivity index (χ0n) is 14.4. The van der Waals surface area contributed by atoms with Gasteiger partial charge in [0, 0.05) is 31.7 Å². The number of amides is 3. The van der Waals surface area contributed by atoms with Crippen molar-refractivity contribution < 1.29 is 14.7 Å². The number of benzene rings is 1. The average molecular weight is 333 g/mol. The topological polar surface area (TPSA) is 81.7 Å². The Morgan fingerprint density at radius 2 is 2.00 bits per heavy atom. The van der Waals surface area contributed by atoms with Crippen LogP contribution in [0.2, 0.25) is 0 Å². The molecule has 0 unspecified atom stereocenters. The van der Waals surface area contributed by atoms with Gasteiger partial charge in [-0.25, -0.2) is 4.79 Å². The van der Waals surface area contributed by atoms with E-state index in [1.807, 2.05) is 43.0 Å². The smallest absolute Gasteiger partial charge is 0.319 e. The number of carbonyl (C=O) groups is 2. The Hall–Kier alpha value is -2.08. The van der Waals surface area contributed by atoms with Crippen LogP contribution in [0.3, 0.4) is 0 Å². The second-order valence-corrected chi connectivity index (χ2v) is 6.73. The maximum Gasteiger partial charge on any atom is 0.319 e. The molecule has 0 aliphatic carbocycles. The number of likely N-dealkylation sites (tertiary alicyclic amines) is 1. The molecule has 1 heterocycles. The van der Waals surface area contributed by atoms with Crippen molar-refractivity contribution in [3.05, 3.63) is 29.8 Å². The molecule has 1 aliphatic heterocycles. The molecule has 3 N–H and O–H groups in total. The minimum absolute atomic E-state index is 0.205. The van der Waals surface area contributed by atoms with Crippen molar-refractivity contribution >= 4 is 17.6 Å². The summed E-state index contributed by atoms with van der Waals surface area (Å²) in [6, 6.07) is 7.13. The number of carbonyl (C=O) groups excluding carboxylic acids is 2. The number of nitrogens with zero attached hydrogens (tertiary/aromatic N) is 1. The lowest BCUT2D eigenvalue weighted by Crippen LogP contribution is -2.35. The predicted molar refractivity (Wildman–Crippen MR) is 93.6 cm³/mol. The summed E-state index contributed by atoms with van der Waals surface area (Å²) >= 11 is 0. The van der Waals surface area contributed by atoms with Crippen LogP contribution in [0.4, 0.5) is 10.5 Å². The van der Waals surface area contributed by atoms with Crippen LogP contribution in [0.5, 0.6) is 0 Å². The number of aliphatic hydroxyl groups excluding tert-OH is 1. The Morgan fingerprint density at radius 3 is 2.58 bits per heavy atom. The molecule has 0 spiro atoms. The van der Waals surface area contributed by atoms with Gasteiger partial charge in [0.25, 0.3) is 0 Å². The number of hydrogen-bond donors (Lipinski definition) is 3. The zero-order valence-corrected chi connectivity index (χ0v) is 14.4. The molecule has 0 saturated carbocycles. The molecular weight excluding hydrogens is 306 g/mol. The molecule has 0 aromatic heterocycles. The Morgan fingerprint density at radius 1 is 1.29 bits per heavy atom. The Balaban J connectivity index is 1.76. The summed E-state index contributed by atoms with van der Waals surface area (Å²) in [4.78, 5) is 25.3. The fraction of sp³-hybridized carbons (Fsp3) is 0.556. The highest BCUT2D eigenvalue weighted by atomic mass is 16.3. The van der Waals surface area contributed by atoms with E-state index >= 15 is 0 Å². The van der Waals surface area contributed by atoms with Gasteiger partial charge in [-0.1, -0.05) is 26.0 Å². The fourth-order valence-corrected chi connectivity index (χ4v) is 2.80. The van der Waals surface area contributed by atoms with Gasteiger partial charge < -0.3 is 20.6 Å². The van der Waals surface area contributed by atoms with E-state index < -0.39 is 6.10 Å². The minimum atomic E-state index is -0.531. The molecule has 3 amide bonds. The van der Waals surface area contributed by atoms with Crippen LogP contribution in [-0.4, -0.2) is 41.1 Å². The van der Waals surface area contributed by atoms with Crippen molar-refractivity contribution in [3.63, 3.8) is 0 Å². The number of nitrogens with one attached hydrogen (secondary N) is 2. The van der Waals surface area contributed by atoms with Crippen LogP contribution in [0, 0.1) is 5.92 Å². The lowest BCUT2D eigenvalue weighted by atomic mass is 10.1. The fourth-order valence-electron chi connectivity index (χ4n) is 2.80. The number of aliphatic hydroxyl groups is 1. The minimum Gasteiger partial charge on any atom is -0.391 e. The zero-order chi connectivity index (χ0) is 17.5. The third kappa shape index (κ3) is 5.85. The van der Waals surface area contributed by atoms with Crippen molar-refractivity contribution in [1.82, 2.24) is 10.2 Å². The van der Waals surface area contributed by atoms with E-state index in [-0.39, 0.29) is 18.5 Å². The quantitative estimate of drug-likeness (QED) is 0.716. The third-order valence-corrected chi connectivity index (χ3v) is 4.00. The molecule has 2 rings (SSSR count). The molecule has 0 radical (unpaired) electrons. The van der Waals surface area contributed by atoms with Crippen molar-refractivity contribution in [3.8, 4) is 0 Å². The summed E-state index contributed by atoms with van der Waals surface area (Å²) < 4.78 is 0. The van der Waals surface area contributed by atoms with E-state index in [9.17, 15) is 14.7 Å². The predicted octanol–water partition coefficient (Wildman–Crippen LogP) is 2.34. The van der Waals surface area contributed by atoms with Crippen LogP contribution < -0.4 is 10.6 Å². The molecule has 6 heteroatoms. The van der Waals surface area contributed by atoms with E-state index in [4.69, 9.17) is 0 Å². The molecule has 1 aromatic rings. The van der Waals surface area contributed by atoms with Crippen molar-refractivity contribution in [1.29, 1.82) is 0 Å². The van der Waals surface area contributed by atoms with E-state index in [2.05, 4.69) is 10.6 Å². The van der Waals surface area contributed by atoms with Gasteiger partial charge in [0.15, 0.2) is 0 Å². The van der Waals surface area contributed by atoms with Gasteiger partial charge in [0.2, 0.25) is 5.91 Å². The number of hydrogen-bond acceptors (Lipinski definition) is 3. The summed E-state index contributed by atoms with van der Waals surface area (Å²) in [5.74, 6) is 0.594. The van der Waals surface area contributed by atoms with Crippen LogP contribution in [0.25, 0.3) is 0 Å². The van der Waals surface area contributed by atoms with Gasteiger partial charge in [-0.2, -0.15) is 0 Å². The highest BCUT2D eigenvalue weighted by Gasteiger charge is 2.19. The highest BCUT2D eigenvalue weighted by Crippen LogP contribution is 2.16. The summed E-state index contributed by atoms with van der Waals surface area (Å²) in [6.07, 6.45) is 1.70. The third-order valence-electron chi connectivity index (χ3n) is 4.00. The summed E-state index contributed by atoms with van der Waals surface area (Å²) in [7, 11) is 0. The average Bonchev–Trinajstić information content (AvgIpc) is 2.92. The van der Waals surface area contributed by atoms with Crippen LogP contribution in [-0.2, 0) is 11.3 Å². The number of anilines is 1. The molecule has 1 atom stereocenters. The van der Waals surface area contributed by atoms with Crippen LogP contribution >= 0.6 is 0 Å². The largest absolute Gasteiger partial charge is 0.391 e. The number of rotatable bonds is 7. The molecule has 1 fully saturated rings. The second-order valence-electron chi connectivity index (χ2n) is 6.73. The standard InChI is InChI=1S/C18H27N3O3/c1-13(2)10-16(22)11-19-18(24)20-15-7-5-14(6-8-15)12-21-9-3-4-17(21)23/h5-8,13,16,22H,3-4,9-12H2,1-2H3,(H2,19,20,24)/t16-/m0/s1. The van der Waals surface area contributed by atoms with E-state index in [1.54, 1.807) is 0 Å². The van der Waals surface area contributed by atoms with Crippen molar-refractivity contribution in [2.45, 2.75) is 45.8 Å². The van der Waals surface area contributed by atoms with Gasteiger partial charge in [-0.3, -0.25) is 4.79 Å². The second kappa shape index (κ2) is 8.68. The maximum atomic E-state index is 11.8. The lowest BCUT2D eigenvalue weighted by molar-refractivity contribution is -0.128. The SMILES string of the molecule is CC(C)C[C@H](O)CNC(=O)Nc1ccc(CN2CCCC2=O)cc1. The van der Waals surface area contributed by atoms with Crippen LogP contribution in [0.15, 0.2) is 24.3 Å². The Bertz CT molecular complexity index is 557. The molecule has 132 valence electrons. The van der Waals surface area contributed by atoms with Gasteiger partial charge in [0.05, 0.1) is 6.10 Å². The first-order valence-electron chi connectivity index (χ1n) is 8.53. The molecule has 1 aromatic carbocycles. The maximum absolute atomic E-state index is 11.8. The lowest BCUT2D eigenvalue weighted by Gasteiger charge is -2.16. The molecule has 1 aliphatic rings. The van der Waals surface area contributed by atoms with Gasteiger partial charge in [0.1, 0.15) is 0 Å². The molecule has 0 bridgehead atoms. The van der Waals surface area contributed by atoms with Gasteiger partial charge >= 0.3 is 6.03 Å². The molecular formula is C18H27N3O3. The van der Waals surface area contributed by atoms with E-state index in [1.165, 1.54) is 0 Å². The monoisotopic (exact) mass is 333 g/mol. The molecule has 1 saturated heterocycles. The van der Waals surface area contributed by atoms with Gasteiger partial charge in [-0.15, -0.1) is 0 Å².